The van der Waals surface area contributed by atoms with Gasteiger partial charge in [0.25, 0.3) is 5.91 Å². The van der Waals surface area contributed by atoms with Gasteiger partial charge in [0.05, 0.1) is 5.56 Å². The molecular formula is C17H18BrNO. The van der Waals surface area contributed by atoms with Gasteiger partial charge in [0.2, 0.25) is 0 Å². The Morgan fingerprint density at radius 2 is 1.85 bits per heavy atom. The third-order valence-electron chi connectivity index (χ3n) is 3.36. The molecule has 0 aromatic heterocycles. The SMILES string of the molecule is Cc1ccc(CN(C)C(=O)c2ccccc2Br)c(C)c1. The molecule has 1 amide bonds. The van der Waals surface area contributed by atoms with Gasteiger partial charge in [-0.25, -0.2) is 0 Å². The Balaban J connectivity index is 2.18. The van der Waals surface area contributed by atoms with Gasteiger partial charge in [0.1, 0.15) is 0 Å². The second kappa shape index (κ2) is 6.23. The zero-order valence-corrected chi connectivity index (χ0v) is 13.6. The highest BCUT2D eigenvalue weighted by Gasteiger charge is 2.15. The summed E-state index contributed by atoms with van der Waals surface area (Å²) in [6.45, 7) is 4.78. The highest BCUT2D eigenvalue weighted by Crippen LogP contribution is 2.19. The molecule has 0 aliphatic rings. The number of carbonyl (C=O) groups excluding carboxylic acids is 1. The van der Waals surface area contributed by atoms with Gasteiger partial charge in [-0.2, -0.15) is 0 Å². The van der Waals surface area contributed by atoms with Crippen LogP contribution in [0.5, 0.6) is 0 Å². The molecule has 0 radical (unpaired) electrons. The largest absolute Gasteiger partial charge is 0.337 e. The Morgan fingerprint density at radius 3 is 2.50 bits per heavy atom. The van der Waals surface area contributed by atoms with Gasteiger partial charge in [0.15, 0.2) is 0 Å². The molecule has 0 aliphatic carbocycles. The van der Waals surface area contributed by atoms with E-state index in [4.69, 9.17) is 0 Å². The maximum atomic E-state index is 12.4. The Bertz CT molecular complexity index is 637. The topological polar surface area (TPSA) is 20.3 Å². The van der Waals surface area contributed by atoms with E-state index in [1.165, 1.54) is 16.7 Å². The van der Waals surface area contributed by atoms with Crippen LogP contribution in [0, 0.1) is 13.8 Å². The first kappa shape index (κ1) is 14.8. The Hall–Kier alpha value is -1.61. The van der Waals surface area contributed by atoms with Crippen molar-refractivity contribution in [1.82, 2.24) is 4.90 Å². The molecule has 2 aromatic carbocycles. The molecule has 0 fully saturated rings. The van der Waals surface area contributed by atoms with Crippen LogP contribution in [0.1, 0.15) is 27.0 Å². The summed E-state index contributed by atoms with van der Waals surface area (Å²) < 4.78 is 0.831. The summed E-state index contributed by atoms with van der Waals surface area (Å²) in [6, 6.07) is 13.8. The molecular weight excluding hydrogens is 314 g/mol. The Kier molecular flexibility index (Phi) is 4.61. The van der Waals surface area contributed by atoms with Crippen LogP contribution in [0.3, 0.4) is 0 Å². The molecule has 3 heteroatoms. The average molecular weight is 332 g/mol. The summed E-state index contributed by atoms with van der Waals surface area (Å²) >= 11 is 3.43. The fourth-order valence-corrected chi connectivity index (χ4v) is 2.65. The molecule has 0 unspecified atom stereocenters. The van der Waals surface area contributed by atoms with E-state index in [1.54, 1.807) is 4.90 Å². The number of aryl methyl sites for hydroxylation is 2. The molecule has 2 rings (SSSR count). The van der Waals surface area contributed by atoms with E-state index in [0.29, 0.717) is 12.1 Å². The fraction of sp³-hybridized carbons (Fsp3) is 0.235. The second-order valence-electron chi connectivity index (χ2n) is 5.07. The molecule has 0 N–H and O–H groups in total. The number of halogens is 1. The Labute approximate surface area is 128 Å². The minimum atomic E-state index is 0.0254. The van der Waals surface area contributed by atoms with Crippen molar-refractivity contribution < 1.29 is 4.79 Å². The molecule has 0 atom stereocenters. The minimum absolute atomic E-state index is 0.0254. The first-order valence-corrected chi connectivity index (χ1v) is 7.34. The summed E-state index contributed by atoms with van der Waals surface area (Å²) in [4.78, 5) is 14.2. The molecule has 104 valence electrons. The second-order valence-corrected chi connectivity index (χ2v) is 5.93. The first-order valence-electron chi connectivity index (χ1n) is 6.55. The summed E-state index contributed by atoms with van der Waals surface area (Å²) in [5, 5.41) is 0. The molecule has 0 bridgehead atoms. The van der Waals surface area contributed by atoms with Crippen LogP contribution < -0.4 is 0 Å². The van der Waals surface area contributed by atoms with E-state index < -0.39 is 0 Å². The number of benzene rings is 2. The summed E-state index contributed by atoms with van der Waals surface area (Å²) in [6.07, 6.45) is 0. The quantitative estimate of drug-likeness (QED) is 0.819. The van der Waals surface area contributed by atoms with Crippen LogP contribution in [0.2, 0.25) is 0 Å². The first-order chi connectivity index (χ1) is 9.49. The molecule has 0 saturated carbocycles. The lowest BCUT2D eigenvalue weighted by atomic mass is 10.1. The zero-order valence-electron chi connectivity index (χ0n) is 12.0. The summed E-state index contributed by atoms with van der Waals surface area (Å²) in [7, 11) is 1.83. The van der Waals surface area contributed by atoms with Crippen LogP contribution in [-0.4, -0.2) is 17.9 Å². The summed E-state index contributed by atoms with van der Waals surface area (Å²) in [5.74, 6) is 0.0254. The van der Waals surface area contributed by atoms with Crippen LogP contribution >= 0.6 is 15.9 Å². The number of hydrogen-bond donors (Lipinski definition) is 0. The van der Waals surface area contributed by atoms with Crippen LogP contribution in [0.15, 0.2) is 46.9 Å². The van der Waals surface area contributed by atoms with Crippen LogP contribution in [0.4, 0.5) is 0 Å². The van der Waals surface area contributed by atoms with Gasteiger partial charge < -0.3 is 4.90 Å². The van der Waals surface area contributed by atoms with Gasteiger partial charge >= 0.3 is 0 Å². The highest BCUT2D eigenvalue weighted by molar-refractivity contribution is 9.10. The van der Waals surface area contributed by atoms with Gasteiger partial charge in [-0.05, 0) is 53.0 Å². The van der Waals surface area contributed by atoms with Crippen molar-refractivity contribution in [3.8, 4) is 0 Å². The van der Waals surface area contributed by atoms with Gasteiger partial charge in [-0.3, -0.25) is 4.79 Å². The Morgan fingerprint density at radius 1 is 1.15 bits per heavy atom. The van der Waals surface area contributed by atoms with E-state index in [2.05, 4.69) is 48.0 Å². The van der Waals surface area contributed by atoms with Crippen LogP contribution in [-0.2, 0) is 6.54 Å². The lowest BCUT2D eigenvalue weighted by Crippen LogP contribution is -2.26. The van der Waals surface area contributed by atoms with Crippen molar-refractivity contribution in [2.45, 2.75) is 20.4 Å². The van der Waals surface area contributed by atoms with Crippen molar-refractivity contribution in [2.24, 2.45) is 0 Å². The minimum Gasteiger partial charge on any atom is -0.337 e. The van der Waals surface area contributed by atoms with Crippen molar-refractivity contribution >= 4 is 21.8 Å². The normalized spacial score (nSPS) is 10.4. The van der Waals surface area contributed by atoms with Gasteiger partial charge in [-0.1, -0.05) is 35.9 Å². The third-order valence-corrected chi connectivity index (χ3v) is 4.05. The summed E-state index contributed by atoms with van der Waals surface area (Å²) in [5.41, 5.74) is 4.33. The lowest BCUT2D eigenvalue weighted by molar-refractivity contribution is 0.0784. The molecule has 2 aromatic rings. The van der Waals surface area contributed by atoms with Gasteiger partial charge in [-0.15, -0.1) is 0 Å². The smallest absolute Gasteiger partial charge is 0.255 e. The van der Waals surface area contributed by atoms with Crippen molar-refractivity contribution in [2.75, 3.05) is 7.05 Å². The molecule has 0 saturated heterocycles. The van der Waals surface area contributed by atoms with Crippen molar-refractivity contribution in [1.29, 1.82) is 0 Å². The van der Waals surface area contributed by atoms with E-state index in [9.17, 15) is 4.79 Å². The number of nitrogens with zero attached hydrogens (tertiary/aromatic N) is 1. The van der Waals surface area contributed by atoms with Crippen molar-refractivity contribution in [3.63, 3.8) is 0 Å². The lowest BCUT2D eigenvalue weighted by Gasteiger charge is -2.19. The molecule has 0 spiro atoms. The molecule has 20 heavy (non-hydrogen) atoms. The highest BCUT2D eigenvalue weighted by atomic mass is 79.9. The zero-order chi connectivity index (χ0) is 14.7. The standard InChI is InChI=1S/C17H18BrNO/c1-12-8-9-14(13(2)10-12)11-19(3)17(20)15-6-4-5-7-16(15)18/h4-10H,11H2,1-3H3. The molecule has 0 heterocycles. The predicted octanol–water partition coefficient (Wildman–Crippen LogP) is 4.34. The van der Waals surface area contributed by atoms with E-state index in [1.807, 2.05) is 31.3 Å². The number of carbonyl (C=O) groups is 1. The monoisotopic (exact) mass is 331 g/mol. The molecule has 0 aliphatic heterocycles. The van der Waals surface area contributed by atoms with Crippen LogP contribution in [0.25, 0.3) is 0 Å². The maximum absolute atomic E-state index is 12.4. The predicted molar refractivity (Wildman–Crippen MR) is 85.9 cm³/mol. The van der Waals surface area contributed by atoms with Crippen molar-refractivity contribution in [3.05, 3.63) is 69.2 Å². The van der Waals surface area contributed by atoms with Gasteiger partial charge in [0, 0.05) is 18.1 Å². The third kappa shape index (κ3) is 3.28. The average Bonchev–Trinajstić information content (AvgIpc) is 2.41. The van der Waals surface area contributed by atoms with E-state index in [-0.39, 0.29) is 5.91 Å². The maximum Gasteiger partial charge on any atom is 0.255 e. The number of amides is 1. The molecule has 2 nitrogen and oxygen atoms in total. The number of hydrogen-bond acceptors (Lipinski definition) is 1. The van der Waals surface area contributed by atoms with E-state index >= 15 is 0 Å². The van der Waals surface area contributed by atoms with E-state index in [0.717, 1.165) is 4.47 Å². The fourth-order valence-electron chi connectivity index (χ4n) is 2.19. The number of rotatable bonds is 3.